The number of aromatic nitrogens is 3. The van der Waals surface area contributed by atoms with Crippen molar-refractivity contribution in [3.63, 3.8) is 0 Å². The first-order valence-electron chi connectivity index (χ1n) is 20.6. The number of hydrogen-bond donors (Lipinski definition) is 0. The second-order valence-electron chi connectivity index (χ2n) is 15.5. The van der Waals surface area contributed by atoms with Crippen LogP contribution in [0.4, 0.5) is 0 Å². The molecule has 0 N–H and O–H groups in total. The van der Waals surface area contributed by atoms with Crippen molar-refractivity contribution in [1.82, 2.24) is 15.0 Å². The first kappa shape index (κ1) is 35.2. The average molecular weight is 794 g/mol. The lowest BCUT2D eigenvalue weighted by molar-refractivity contribution is 1.18. The van der Waals surface area contributed by atoms with Gasteiger partial charge < -0.3 is 0 Å². The Hall–Kier alpha value is -7.79. The van der Waals surface area contributed by atoms with Gasteiger partial charge in [0.1, 0.15) is 0 Å². The Morgan fingerprint density at radius 1 is 0.328 bits per heavy atom. The van der Waals surface area contributed by atoms with Gasteiger partial charge in [-0.25, -0.2) is 15.0 Å². The molecule has 0 saturated heterocycles. The monoisotopic (exact) mass is 793 g/mol. The number of thiophene rings is 1. The predicted molar refractivity (Wildman–Crippen MR) is 258 cm³/mol. The molecule has 0 unspecified atom stereocenters. The summed E-state index contributed by atoms with van der Waals surface area (Å²) in [4.78, 5) is 15.6. The highest BCUT2D eigenvalue weighted by Gasteiger charge is 2.20. The second kappa shape index (κ2) is 14.5. The van der Waals surface area contributed by atoms with Crippen molar-refractivity contribution in [2.45, 2.75) is 0 Å². The Kier molecular flexibility index (Phi) is 8.36. The van der Waals surface area contributed by atoms with Gasteiger partial charge in [0.05, 0.1) is 27.3 Å². The minimum Gasteiger partial charge on any atom is -0.246 e. The lowest BCUT2D eigenvalue weighted by Gasteiger charge is -2.14. The van der Waals surface area contributed by atoms with Gasteiger partial charge in [-0.2, -0.15) is 0 Å². The van der Waals surface area contributed by atoms with Crippen LogP contribution in [0.25, 0.3) is 120 Å². The predicted octanol–water partition coefficient (Wildman–Crippen LogP) is 15.7. The first-order valence-corrected chi connectivity index (χ1v) is 21.4. The van der Waals surface area contributed by atoms with Crippen LogP contribution in [0, 0.1) is 0 Å². The summed E-state index contributed by atoms with van der Waals surface area (Å²) in [6.07, 6.45) is 0. The molecule has 12 rings (SSSR count). The van der Waals surface area contributed by atoms with Gasteiger partial charge in [0.15, 0.2) is 5.82 Å². The zero-order valence-electron chi connectivity index (χ0n) is 33.0. The van der Waals surface area contributed by atoms with Crippen molar-refractivity contribution in [2.24, 2.45) is 0 Å². The summed E-state index contributed by atoms with van der Waals surface area (Å²) in [5, 5.41) is 8.64. The maximum absolute atomic E-state index is 5.52. The van der Waals surface area contributed by atoms with Crippen LogP contribution < -0.4 is 0 Å². The van der Waals surface area contributed by atoms with Crippen molar-refractivity contribution < 1.29 is 0 Å². The zero-order valence-corrected chi connectivity index (χ0v) is 33.8. The van der Waals surface area contributed by atoms with Crippen LogP contribution in [0.3, 0.4) is 0 Å². The zero-order chi connectivity index (χ0) is 40.3. The van der Waals surface area contributed by atoms with Crippen molar-refractivity contribution in [2.75, 3.05) is 0 Å². The van der Waals surface area contributed by atoms with Gasteiger partial charge in [-0.3, -0.25) is 0 Å². The van der Waals surface area contributed by atoms with E-state index in [1.54, 1.807) is 0 Å². The summed E-state index contributed by atoms with van der Waals surface area (Å²) in [5.74, 6) is 0.709. The van der Waals surface area contributed by atoms with E-state index in [-0.39, 0.29) is 0 Å². The third kappa shape index (κ3) is 6.16. The van der Waals surface area contributed by atoms with Crippen LogP contribution in [0.2, 0.25) is 0 Å². The number of nitrogens with zero attached hydrogens (tertiary/aromatic N) is 3. The molecule has 3 nitrogen and oxygen atoms in total. The van der Waals surface area contributed by atoms with Gasteiger partial charge in [0.25, 0.3) is 0 Å². The summed E-state index contributed by atoms with van der Waals surface area (Å²) < 4.78 is 2.48. The van der Waals surface area contributed by atoms with Crippen LogP contribution in [0.5, 0.6) is 0 Å². The van der Waals surface area contributed by atoms with E-state index in [4.69, 9.17) is 15.0 Å². The first-order chi connectivity index (χ1) is 30.2. The molecule has 3 aromatic heterocycles. The molecule has 0 atom stereocenters. The maximum Gasteiger partial charge on any atom is 0.160 e. The Balaban J connectivity index is 0.979. The molecule has 0 amide bonds. The van der Waals surface area contributed by atoms with Gasteiger partial charge in [0, 0.05) is 43.1 Å². The molecule has 0 spiro atoms. The molecule has 0 aliphatic heterocycles. The van der Waals surface area contributed by atoms with Crippen LogP contribution in [0.1, 0.15) is 0 Å². The molecule has 4 heteroatoms. The summed E-state index contributed by atoms with van der Waals surface area (Å²) in [7, 11) is 0. The van der Waals surface area contributed by atoms with Gasteiger partial charge in [0.2, 0.25) is 0 Å². The van der Waals surface area contributed by atoms with Crippen molar-refractivity contribution >= 4 is 64.0 Å². The third-order valence-electron chi connectivity index (χ3n) is 11.8. The Bertz CT molecular complexity index is 3590. The van der Waals surface area contributed by atoms with Crippen LogP contribution in [-0.4, -0.2) is 15.0 Å². The molecule has 0 saturated carbocycles. The quantitative estimate of drug-likeness (QED) is 0.157. The van der Waals surface area contributed by atoms with Crippen LogP contribution in [0.15, 0.2) is 212 Å². The maximum atomic E-state index is 5.52. The summed E-state index contributed by atoms with van der Waals surface area (Å²) in [6, 6.07) is 75.6. The number of pyridine rings is 1. The normalized spacial score (nSPS) is 11.6. The summed E-state index contributed by atoms with van der Waals surface area (Å²) >= 11 is 1.84. The van der Waals surface area contributed by atoms with E-state index in [0.29, 0.717) is 5.82 Å². The molecule has 61 heavy (non-hydrogen) atoms. The highest BCUT2D eigenvalue weighted by molar-refractivity contribution is 7.26. The molecular formula is C57H35N3S. The van der Waals surface area contributed by atoms with E-state index in [2.05, 4.69) is 188 Å². The lowest BCUT2D eigenvalue weighted by atomic mass is 9.93. The highest BCUT2D eigenvalue weighted by atomic mass is 32.1. The number of fused-ring (bicyclic) bond motifs is 8. The van der Waals surface area contributed by atoms with Gasteiger partial charge >= 0.3 is 0 Å². The molecule has 3 heterocycles. The SMILES string of the molecule is c1ccc(-c2cc(-c3cccc(-c4cccc(-c5ccc6nc(-c7cc8ccccc8c8ccccc78)c7sc8ccccc8c7c6c5)c4)c3)nc(-c3ccccc3)n2)cc1. The molecule has 9 aromatic carbocycles. The summed E-state index contributed by atoms with van der Waals surface area (Å²) in [6.45, 7) is 0. The van der Waals surface area contributed by atoms with Gasteiger partial charge in [-0.05, 0) is 86.3 Å². The molecule has 0 fully saturated rings. The van der Waals surface area contributed by atoms with Gasteiger partial charge in [-0.1, -0.05) is 170 Å². The fourth-order valence-corrected chi connectivity index (χ4v) is 10.1. The number of hydrogen-bond acceptors (Lipinski definition) is 4. The van der Waals surface area contributed by atoms with E-state index in [9.17, 15) is 0 Å². The molecule has 284 valence electrons. The molecule has 12 aromatic rings. The van der Waals surface area contributed by atoms with Gasteiger partial charge in [-0.15, -0.1) is 11.3 Å². The highest BCUT2D eigenvalue weighted by Crippen LogP contribution is 2.46. The fraction of sp³-hybridized carbons (Fsp3) is 0. The Morgan fingerprint density at radius 3 is 1.64 bits per heavy atom. The van der Waals surface area contributed by atoms with Crippen molar-refractivity contribution in [1.29, 1.82) is 0 Å². The van der Waals surface area contributed by atoms with E-state index >= 15 is 0 Å². The second-order valence-corrected chi connectivity index (χ2v) is 16.6. The summed E-state index contributed by atoms with van der Waals surface area (Å²) in [5.41, 5.74) is 12.6. The third-order valence-corrected chi connectivity index (χ3v) is 13.0. The smallest absolute Gasteiger partial charge is 0.160 e. The molecular weight excluding hydrogens is 759 g/mol. The lowest BCUT2D eigenvalue weighted by Crippen LogP contribution is -1.96. The molecule has 0 radical (unpaired) electrons. The molecule has 0 bridgehead atoms. The average Bonchev–Trinajstić information content (AvgIpc) is 3.74. The number of benzene rings is 9. The van der Waals surface area contributed by atoms with E-state index < -0.39 is 0 Å². The van der Waals surface area contributed by atoms with Crippen LogP contribution in [-0.2, 0) is 0 Å². The Morgan fingerprint density at radius 2 is 0.885 bits per heavy atom. The molecule has 0 aliphatic rings. The largest absolute Gasteiger partial charge is 0.246 e. The molecule has 0 aliphatic carbocycles. The van der Waals surface area contributed by atoms with E-state index in [1.807, 2.05) is 35.6 Å². The van der Waals surface area contributed by atoms with E-state index in [0.717, 1.165) is 61.5 Å². The number of rotatable bonds is 6. The standard InChI is InChI=1S/C57H35N3S/c1-3-15-36(16-4-1)51-35-52(60-57(59-51)37-17-5-2-6-18-37)43-23-14-22-40(32-43)38-20-13-21-39(31-38)41-29-30-50-49(33-41)54-47-27-11-12-28-53(47)61-56(54)55(58-50)48-34-42-19-7-8-24-44(42)45-25-9-10-26-46(45)48/h1-35H. The van der Waals surface area contributed by atoms with Crippen LogP contribution >= 0.6 is 11.3 Å². The van der Waals surface area contributed by atoms with Crippen molar-refractivity contribution in [3.05, 3.63) is 212 Å². The Labute approximate surface area is 356 Å². The minimum atomic E-state index is 0.709. The van der Waals surface area contributed by atoms with E-state index in [1.165, 1.54) is 52.7 Å². The van der Waals surface area contributed by atoms with Crippen molar-refractivity contribution in [3.8, 4) is 67.4 Å². The minimum absolute atomic E-state index is 0.709. The fourth-order valence-electron chi connectivity index (χ4n) is 8.90. The topological polar surface area (TPSA) is 38.7 Å².